The molecule has 2 aromatic carbocycles. The number of hydrogen-bond acceptors (Lipinski definition) is 4. The summed E-state index contributed by atoms with van der Waals surface area (Å²) in [6, 6.07) is 18.6. The molecule has 33 heavy (non-hydrogen) atoms. The van der Waals surface area contributed by atoms with Crippen LogP contribution in [-0.4, -0.2) is 48.1 Å². The Morgan fingerprint density at radius 3 is 2.55 bits per heavy atom. The van der Waals surface area contributed by atoms with Crippen LogP contribution in [0.3, 0.4) is 0 Å². The molecule has 0 unspecified atom stereocenters. The third-order valence-corrected chi connectivity index (χ3v) is 6.47. The summed E-state index contributed by atoms with van der Waals surface area (Å²) in [5.41, 5.74) is 3.47. The van der Waals surface area contributed by atoms with Crippen LogP contribution >= 0.6 is 0 Å². The number of rotatable bonds is 6. The highest BCUT2D eigenvalue weighted by atomic mass is 16.6. The van der Waals surface area contributed by atoms with Gasteiger partial charge >= 0.3 is 0 Å². The smallest absolute Gasteiger partial charge is 0.217 e. The maximum absolute atomic E-state index is 11.8. The van der Waals surface area contributed by atoms with Gasteiger partial charge in [-0.25, -0.2) is 0 Å². The third-order valence-electron chi connectivity index (χ3n) is 6.47. The zero-order chi connectivity index (χ0) is 23.0. The summed E-state index contributed by atoms with van der Waals surface area (Å²) in [6.07, 6.45) is 4.65. The molecular formula is C28H33NO4. The fourth-order valence-electron chi connectivity index (χ4n) is 4.75. The van der Waals surface area contributed by atoms with Crippen molar-refractivity contribution < 1.29 is 19.4 Å². The van der Waals surface area contributed by atoms with Gasteiger partial charge < -0.3 is 19.9 Å². The van der Waals surface area contributed by atoms with Crippen molar-refractivity contribution in [2.24, 2.45) is 0 Å². The maximum Gasteiger partial charge on any atom is 0.217 e. The van der Waals surface area contributed by atoms with E-state index in [1.165, 1.54) is 11.1 Å². The summed E-state index contributed by atoms with van der Waals surface area (Å²) in [7, 11) is 0. The number of aryl methyl sites for hydroxylation is 1. The van der Waals surface area contributed by atoms with Crippen molar-refractivity contribution in [2.45, 2.75) is 75.9 Å². The molecule has 2 N–H and O–H groups in total. The highest BCUT2D eigenvalue weighted by Gasteiger charge is 2.42. The second kappa shape index (κ2) is 11.5. The molecule has 0 aliphatic carbocycles. The van der Waals surface area contributed by atoms with Gasteiger partial charge in [0.1, 0.15) is 0 Å². The van der Waals surface area contributed by atoms with Crippen molar-refractivity contribution in [3.05, 3.63) is 71.3 Å². The summed E-state index contributed by atoms with van der Waals surface area (Å²) in [6.45, 7) is 1.57. The quantitative estimate of drug-likeness (QED) is 0.666. The molecule has 5 atom stereocenters. The van der Waals surface area contributed by atoms with Gasteiger partial charge in [-0.1, -0.05) is 54.3 Å². The first-order valence-electron chi connectivity index (χ1n) is 11.9. The molecule has 1 amide bonds. The average molecular weight is 448 g/mol. The molecule has 0 aromatic heterocycles. The third kappa shape index (κ3) is 6.68. The molecule has 0 saturated carbocycles. The van der Waals surface area contributed by atoms with Crippen LogP contribution in [0.5, 0.6) is 0 Å². The van der Waals surface area contributed by atoms with E-state index >= 15 is 0 Å². The Hall–Kier alpha value is -2.65. The summed E-state index contributed by atoms with van der Waals surface area (Å²) in [5, 5.41) is 12.5. The van der Waals surface area contributed by atoms with Gasteiger partial charge in [0.15, 0.2) is 0 Å². The highest BCUT2D eigenvalue weighted by Crippen LogP contribution is 2.33. The molecule has 2 saturated heterocycles. The first kappa shape index (κ1) is 23.5. The van der Waals surface area contributed by atoms with Crippen molar-refractivity contribution in [3.63, 3.8) is 0 Å². The van der Waals surface area contributed by atoms with E-state index in [9.17, 15) is 9.90 Å². The summed E-state index contributed by atoms with van der Waals surface area (Å²) >= 11 is 0. The fraction of sp³-hybridized carbons (Fsp3) is 0.464. The molecule has 2 heterocycles. The van der Waals surface area contributed by atoms with E-state index in [2.05, 4.69) is 53.6 Å². The van der Waals surface area contributed by atoms with Gasteiger partial charge in [0.2, 0.25) is 5.91 Å². The molecule has 4 rings (SSSR count). The lowest BCUT2D eigenvalue weighted by atomic mass is 9.88. The predicted molar refractivity (Wildman–Crippen MR) is 128 cm³/mol. The van der Waals surface area contributed by atoms with E-state index in [1.807, 2.05) is 18.2 Å². The fourth-order valence-corrected chi connectivity index (χ4v) is 4.75. The molecule has 5 nitrogen and oxygen atoms in total. The van der Waals surface area contributed by atoms with Crippen molar-refractivity contribution in [3.8, 4) is 11.8 Å². The van der Waals surface area contributed by atoms with Crippen molar-refractivity contribution >= 4 is 5.91 Å². The number of fused-ring (bicyclic) bond motifs is 1. The van der Waals surface area contributed by atoms with E-state index in [4.69, 9.17) is 9.47 Å². The largest absolute Gasteiger partial charge is 0.394 e. The monoisotopic (exact) mass is 447 g/mol. The van der Waals surface area contributed by atoms with Crippen LogP contribution in [0.4, 0.5) is 0 Å². The number of nitrogens with one attached hydrogen (secondary N) is 1. The molecule has 2 fully saturated rings. The Bertz CT molecular complexity index is 963. The van der Waals surface area contributed by atoms with E-state index in [1.54, 1.807) is 6.92 Å². The van der Waals surface area contributed by atoms with Crippen LogP contribution < -0.4 is 5.32 Å². The highest BCUT2D eigenvalue weighted by molar-refractivity contribution is 5.73. The lowest BCUT2D eigenvalue weighted by molar-refractivity contribution is -0.202. The zero-order valence-electron chi connectivity index (χ0n) is 19.2. The molecule has 0 spiro atoms. The minimum Gasteiger partial charge on any atom is -0.394 e. The molecule has 2 aromatic rings. The van der Waals surface area contributed by atoms with Crippen molar-refractivity contribution in [2.75, 3.05) is 6.61 Å². The Balaban J connectivity index is 1.32. The number of aliphatic hydroxyl groups excluding tert-OH is 1. The van der Waals surface area contributed by atoms with Gasteiger partial charge in [0.05, 0.1) is 37.1 Å². The van der Waals surface area contributed by atoms with Gasteiger partial charge in [-0.15, -0.1) is 0 Å². The van der Waals surface area contributed by atoms with E-state index in [0.29, 0.717) is 0 Å². The summed E-state index contributed by atoms with van der Waals surface area (Å²) in [4.78, 5) is 11.8. The Kier molecular flexibility index (Phi) is 8.17. The van der Waals surface area contributed by atoms with Crippen LogP contribution in [0, 0.1) is 11.8 Å². The Morgan fingerprint density at radius 1 is 1.03 bits per heavy atom. The number of carbonyl (C=O) groups excluding carboxylic acids is 1. The van der Waals surface area contributed by atoms with E-state index in [-0.39, 0.29) is 43.0 Å². The first-order valence-corrected chi connectivity index (χ1v) is 11.9. The van der Waals surface area contributed by atoms with Crippen molar-refractivity contribution in [1.29, 1.82) is 0 Å². The van der Waals surface area contributed by atoms with Gasteiger partial charge in [-0.3, -0.25) is 4.79 Å². The average Bonchev–Trinajstić information content (AvgIpc) is 2.83. The number of benzene rings is 2. The van der Waals surface area contributed by atoms with Crippen LogP contribution in [0.15, 0.2) is 54.6 Å². The minimum atomic E-state index is -0.126. The standard InChI is InChI=1S/C28H33NO4/c1-20(31)29-25-18-28-27(17-15-24(19-30)32-28)33-26(25)16-14-23-12-10-22(11-13-23)9-5-8-21-6-3-2-4-7-21/h2-4,6-7,10-13,24-28,30H,8,14-19H2,1H3,(H,29,31)/t24-,25-,26+,27-,28-/m0/s1. The van der Waals surface area contributed by atoms with Gasteiger partial charge in [0.25, 0.3) is 0 Å². The lowest BCUT2D eigenvalue weighted by Gasteiger charge is -2.45. The number of ether oxygens (including phenoxy) is 2. The molecule has 0 radical (unpaired) electrons. The lowest BCUT2D eigenvalue weighted by Crippen LogP contribution is -2.57. The van der Waals surface area contributed by atoms with Gasteiger partial charge in [0, 0.05) is 18.9 Å². The SMILES string of the molecule is CC(=O)N[C@H]1C[C@@H]2O[C@H](CO)CC[C@@H]2O[C@@H]1CCc1ccc(C#CCc2ccccc2)cc1. The van der Waals surface area contributed by atoms with Crippen molar-refractivity contribution in [1.82, 2.24) is 5.32 Å². The summed E-state index contributed by atoms with van der Waals surface area (Å²) in [5.74, 6) is 6.43. The summed E-state index contributed by atoms with van der Waals surface area (Å²) < 4.78 is 12.4. The molecule has 2 aliphatic heterocycles. The predicted octanol–water partition coefficient (Wildman–Crippen LogP) is 3.42. The van der Waals surface area contributed by atoms with Crippen LogP contribution in [0.25, 0.3) is 0 Å². The second-order valence-corrected chi connectivity index (χ2v) is 9.01. The Morgan fingerprint density at radius 2 is 1.82 bits per heavy atom. The molecule has 174 valence electrons. The first-order chi connectivity index (χ1) is 16.1. The van der Waals surface area contributed by atoms with Crippen LogP contribution in [-0.2, 0) is 27.1 Å². The minimum absolute atomic E-state index is 0.0318. The number of amides is 1. The number of carbonyl (C=O) groups is 1. The Labute approximate surface area is 196 Å². The topological polar surface area (TPSA) is 67.8 Å². The molecular weight excluding hydrogens is 414 g/mol. The normalized spacial score (nSPS) is 26.5. The van der Waals surface area contributed by atoms with Gasteiger partial charge in [-0.05, 0) is 55.4 Å². The van der Waals surface area contributed by atoms with Crippen LogP contribution in [0.1, 0.15) is 49.3 Å². The van der Waals surface area contributed by atoms with E-state index < -0.39 is 0 Å². The number of aliphatic hydroxyl groups is 1. The van der Waals surface area contributed by atoms with Gasteiger partial charge in [-0.2, -0.15) is 0 Å². The number of hydrogen-bond donors (Lipinski definition) is 2. The molecule has 5 heteroatoms. The zero-order valence-corrected chi connectivity index (χ0v) is 19.2. The van der Waals surface area contributed by atoms with Crippen LogP contribution in [0.2, 0.25) is 0 Å². The molecule has 0 bridgehead atoms. The molecule has 2 aliphatic rings. The van der Waals surface area contributed by atoms with E-state index in [0.717, 1.165) is 44.1 Å². The second-order valence-electron chi connectivity index (χ2n) is 9.01. The maximum atomic E-state index is 11.8.